The summed E-state index contributed by atoms with van der Waals surface area (Å²) in [6.45, 7) is 1.48. The highest BCUT2D eigenvalue weighted by Crippen LogP contribution is 2.27. The number of anilines is 1. The van der Waals surface area contributed by atoms with Crippen molar-refractivity contribution in [3.8, 4) is 11.5 Å². The molecule has 0 bridgehead atoms. The van der Waals surface area contributed by atoms with Crippen LogP contribution in [0, 0.1) is 0 Å². The average Bonchev–Trinajstić information content (AvgIpc) is 2.97. The molecule has 2 heterocycles. The van der Waals surface area contributed by atoms with E-state index in [1.165, 1.54) is 24.1 Å². The van der Waals surface area contributed by atoms with Crippen molar-refractivity contribution in [1.29, 1.82) is 0 Å². The van der Waals surface area contributed by atoms with Crippen LogP contribution in [0.4, 0.5) is 5.69 Å². The molecule has 0 aliphatic carbocycles. The third-order valence-electron chi connectivity index (χ3n) is 3.46. The first-order valence-electron chi connectivity index (χ1n) is 6.80. The van der Waals surface area contributed by atoms with Crippen LogP contribution in [0.25, 0.3) is 22.6 Å². The lowest BCUT2D eigenvalue weighted by molar-refractivity contribution is -0.116. The monoisotopic (exact) mass is 311 g/mol. The van der Waals surface area contributed by atoms with E-state index in [1.807, 2.05) is 0 Å². The van der Waals surface area contributed by atoms with E-state index in [0.717, 1.165) is 0 Å². The summed E-state index contributed by atoms with van der Waals surface area (Å²) in [5.74, 6) is -0.908. The van der Waals surface area contributed by atoms with Gasteiger partial charge in [0.15, 0.2) is 5.58 Å². The number of hydrogen-bond donors (Lipinski definition) is 1. The molecule has 0 unspecified atom stereocenters. The van der Waals surface area contributed by atoms with Gasteiger partial charge in [-0.2, -0.15) is 0 Å². The van der Waals surface area contributed by atoms with Crippen molar-refractivity contribution < 1.29 is 19.1 Å². The quantitative estimate of drug-likeness (QED) is 0.798. The minimum absolute atomic E-state index is 0.0817. The summed E-state index contributed by atoms with van der Waals surface area (Å²) in [4.78, 5) is 32.0. The number of carboxylic acids is 1. The van der Waals surface area contributed by atoms with Crippen LogP contribution in [0.5, 0.6) is 0 Å². The molecule has 23 heavy (non-hydrogen) atoms. The second-order valence-electron chi connectivity index (χ2n) is 4.98. The fraction of sp³-hybridized carbons (Fsp3) is 0.125. The van der Waals surface area contributed by atoms with Gasteiger partial charge in [0.05, 0.1) is 0 Å². The number of amides is 1. The highest BCUT2D eigenvalue weighted by Gasteiger charge is 2.13. The van der Waals surface area contributed by atoms with Gasteiger partial charge in [0.2, 0.25) is 11.8 Å². The topological polar surface area (TPSA) is 96.5 Å². The van der Waals surface area contributed by atoms with Crippen molar-refractivity contribution in [1.82, 2.24) is 9.97 Å². The molecule has 1 aromatic carbocycles. The summed E-state index contributed by atoms with van der Waals surface area (Å²) < 4.78 is 5.65. The Bertz CT molecular complexity index is 917. The van der Waals surface area contributed by atoms with Crippen LogP contribution in [-0.2, 0) is 4.79 Å². The molecule has 3 rings (SSSR count). The molecule has 0 aliphatic heterocycles. The summed E-state index contributed by atoms with van der Waals surface area (Å²) >= 11 is 0. The standard InChI is InChI=1S/C16H13N3O4/c1-9(20)19(2)11-3-4-14-12(8-11)18-15(23-14)10-5-6-17-13(7-10)16(21)22/h3-8H,1-2H3,(H,21,22). The summed E-state index contributed by atoms with van der Waals surface area (Å²) in [6, 6.07) is 8.24. The zero-order chi connectivity index (χ0) is 16.6. The number of carbonyl (C=O) groups is 2. The van der Waals surface area contributed by atoms with Gasteiger partial charge in [-0.15, -0.1) is 0 Å². The molecule has 0 saturated heterocycles. The number of nitrogens with zero attached hydrogens (tertiary/aromatic N) is 3. The predicted octanol–water partition coefficient (Wildman–Crippen LogP) is 2.57. The predicted molar refractivity (Wildman–Crippen MR) is 83.3 cm³/mol. The lowest BCUT2D eigenvalue weighted by Crippen LogP contribution is -2.22. The molecule has 0 spiro atoms. The van der Waals surface area contributed by atoms with E-state index >= 15 is 0 Å². The van der Waals surface area contributed by atoms with Gasteiger partial charge in [-0.1, -0.05) is 0 Å². The zero-order valence-corrected chi connectivity index (χ0v) is 12.5. The fourth-order valence-electron chi connectivity index (χ4n) is 2.11. The van der Waals surface area contributed by atoms with Crippen molar-refractivity contribution >= 4 is 28.7 Å². The highest BCUT2D eigenvalue weighted by atomic mass is 16.4. The Hall–Kier alpha value is -3.22. The Labute approximate surface area is 131 Å². The van der Waals surface area contributed by atoms with Gasteiger partial charge in [-0.3, -0.25) is 4.79 Å². The molecule has 7 nitrogen and oxygen atoms in total. The molecule has 116 valence electrons. The maximum atomic E-state index is 11.4. The summed E-state index contributed by atoms with van der Waals surface area (Å²) in [6.07, 6.45) is 1.39. The van der Waals surface area contributed by atoms with Crippen molar-refractivity contribution in [2.75, 3.05) is 11.9 Å². The minimum Gasteiger partial charge on any atom is -0.477 e. The van der Waals surface area contributed by atoms with Gasteiger partial charge in [0.1, 0.15) is 11.2 Å². The smallest absolute Gasteiger partial charge is 0.354 e. The first kappa shape index (κ1) is 14.7. The number of aromatic nitrogens is 2. The van der Waals surface area contributed by atoms with E-state index in [9.17, 15) is 9.59 Å². The third kappa shape index (κ3) is 2.76. The van der Waals surface area contributed by atoms with Crippen molar-refractivity contribution in [2.45, 2.75) is 6.92 Å². The number of aromatic carboxylic acids is 1. The van der Waals surface area contributed by atoms with Gasteiger partial charge in [-0.25, -0.2) is 14.8 Å². The van der Waals surface area contributed by atoms with Crippen molar-refractivity contribution in [3.05, 3.63) is 42.2 Å². The van der Waals surface area contributed by atoms with Crippen LogP contribution in [0.3, 0.4) is 0 Å². The molecule has 1 amide bonds. The first-order valence-corrected chi connectivity index (χ1v) is 6.80. The number of pyridine rings is 1. The van der Waals surface area contributed by atoms with E-state index in [4.69, 9.17) is 9.52 Å². The fourth-order valence-corrected chi connectivity index (χ4v) is 2.11. The normalized spacial score (nSPS) is 10.7. The van der Waals surface area contributed by atoms with Gasteiger partial charge in [0, 0.05) is 31.4 Å². The molecule has 0 saturated carbocycles. The highest BCUT2D eigenvalue weighted by molar-refractivity contribution is 5.93. The van der Waals surface area contributed by atoms with Gasteiger partial charge in [0.25, 0.3) is 0 Å². The van der Waals surface area contributed by atoms with Crippen LogP contribution in [0.2, 0.25) is 0 Å². The summed E-state index contributed by atoms with van der Waals surface area (Å²) in [7, 11) is 1.67. The molecule has 0 fully saturated rings. The Balaban J connectivity index is 2.05. The molecule has 2 aromatic heterocycles. The van der Waals surface area contributed by atoms with Crippen LogP contribution < -0.4 is 4.90 Å². The number of oxazole rings is 1. The third-order valence-corrected chi connectivity index (χ3v) is 3.46. The molecule has 1 N–H and O–H groups in total. The van der Waals surface area contributed by atoms with Crippen LogP contribution in [0.1, 0.15) is 17.4 Å². The Morgan fingerprint density at radius 3 is 2.70 bits per heavy atom. The maximum Gasteiger partial charge on any atom is 0.354 e. The van der Waals surface area contributed by atoms with E-state index in [-0.39, 0.29) is 11.6 Å². The van der Waals surface area contributed by atoms with Gasteiger partial charge < -0.3 is 14.4 Å². The van der Waals surface area contributed by atoms with Crippen LogP contribution in [-0.4, -0.2) is 34.0 Å². The van der Waals surface area contributed by atoms with Crippen LogP contribution >= 0.6 is 0 Å². The molecular formula is C16H13N3O4. The summed E-state index contributed by atoms with van der Waals surface area (Å²) in [5.41, 5.74) is 2.27. The van der Waals surface area contributed by atoms with Gasteiger partial charge in [-0.05, 0) is 30.3 Å². The molecule has 0 aliphatic rings. The molecule has 3 aromatic rings. The Morgan fingerprint density at radius 2 is 2.00 bits per heavy atom. The average molecular weight is 311 g/mol. The number of rotatable bonds is 3. The van der Waals surface area contributed by atoms with Crippen molar-refractivity contribution in [3.63, 3.8) is 0 Å². The first-order chi connectivity index (χ1) is 11.0. The summed E-state index contributed by atoms with van der Waals surface area (Å²) in [5, 5.41) is 8.99. The molecule has 0 radical (unpaired) electrons. The Kier molecular flexibility index (Phi) is 3.53. The SMILES string of the molecule is CC(=O)N(C)c1ccc2oc(-c3ccnc(C(=O)O)c3)nc2c1. The number of hydrogen-bond acceptors (Lipinski definition) is 5. The number of fused-ring (bicyclic) bond motifs is 1. The van der Waals surface area contributed by atoms with E-state index in [0.29, 0.717) is 28.2 Å². The van der Waals surface area contributed by atoms with E-state index in [1.54, 1.807) is 31.3 Å². The Morgan fingerprint density at radius 1 is 1.22 bits per heavy atom. The number of carbonyl (C=O) groups excluding carboxylic acids is 1. The van der Waals surface area contributed by atoms with Crippen molar-refractivity contribution in [2.24, 2.45) is 0 Å². The number of carboxylic acid groups (broad SMARTS) is 1. The second-order valence-corrected chi connectivity index (χ2v) is 4.98. The largest absolute Gasteiger partial charge is 0.477 e. The maximum absolute atomic E-state index is 11.4. The second kappa shape index (κ2) is 5.53. The van der Waals surface area contributed by atoms with E-state index < -0.39 is 5.97 Å². The lowest BCUT2D eigenvalue weighted by atomic mass is 10.2. The molecular weight excluding hydrogens is 298 g/mol. The minimum atomic E-state index is -1.12. The lowest BCUT2D eigenvalue weighted by Gasteiger charge is -2.14. The molecule has 7 heteroatoms. The van der Waals surface area contributed by atoms with Crippen LogP contribution in [0.15, 0.2) is 40.9 Å². The zero-order valence-electron chi connectivity index (χ0n) is 12.5. The number of benzene rings is 1. The molecule has 0 atom stereocenters. The van der Waals surface area contributed by atoms with E-state index in [2.05, 4.69) is 9.97 Å². The van der Waals surface area contributed by atoms with Gasteiger partial charge >= 0.3 is 5.97 Å².